The molecule has 0 fully saturated rings. The van der Waals surface area contributed by atoms with Crippen molar-refractivity contribution < 1.29 is 0 Å². The van der Waals surface area contributed by atoms with E-state index in [9.17, 15) is 0 Å². The number of fused-ring (bicyclic) bond motifs is 1. The SMILES string of the molecule is C=Cc1ccc(Cc2ccc3ccccc3c2)cc1. The van der Waals surface area contributed by atoms with E-state index in [1.807, 2.05) is 6.08 Å². The van der Waals surface area contributed by atoms with Gasteiger partial charge >= 0.3 is 0 Å². The molecule has 0 saturated carbocycles. The molecule has 3 aromatic carbocycles. The molecule has 0 heteroatoms. The zero-order valence-corrected chi connectivity index (χ0v) is 10.8. The topological polar surface area (TPSA) is 0 Å². The first-order valence-corrected chi connectivity index (χ1v) is 6.54. The van der Waals surface area contributed by atoms with E-state index in [2.05, 4.69) is 73.3 Å². The summed E-state index contributed by atoms with van der Waals surface area (Å²) in [5.74, 6) is 0. The molecule has 19 heavy (non-hydrogen) atoms. The minimum Gasteiger partial charge on any atom is -0.0985 e. The maximum Gasteiger partial charge on any atom is -0.00255 e. The fourth-order valence-corrected chi connectivity index (χ4v) is 2.36. The Bertz CT molecular complexity index is 705. The normalized spacial score (nSPS) is 10.5. The predicted octanol–water partition coefficient (Wildman–Crippen LogP) is 5.07. The second-order valence-corrected chi connectivity index (χ2v) is 4.80. The van der Waals surface area contributed by atoms with Crippen LogP contribution in [0.1, 0.15) is 16.7 Å². The third-order valence-corrected chi connectivity index (χ3v) is 3.44. The van der Waals surface area contributed by atoms with E-state index in [0.717, 1.165) is 6.42 Å². The molecule has 0 nitrogen and oxygen atoms in total. The first kappa shape index (κ1) is 11.7. The van der Waals surface area contributed by atoms with Crippen LogP contribution in [0.2, 0.25) is 0 Å². The number of hydrogen-bond donors (Lipinski definition) is 0. The molecule has 0 heterocycles. The van der Waals surface area contributed by atoms with Crippen molar-refractivity contribution in [3.63, 3.8) is 0 Å². The van der Waals surface area contributed by atoms with Crippen molar-refractivity contribution >= 4 is 16.8 Å². The van der Waals surface area contributed by atoms with Gasteiger partial charge in [-0.05, 0) is 33.9 Å². The van der Waals surface area contributed by atoms with Crippen LogP contribution in [-0.2, 0) is 6.42 Å². The van der Waals surface area contributed by atoms with Gasteiger partial charge in [-0.2, -0.15) is 0 Å². The van der Waals surface area contributed by atoms with Crippen LogP contribution in [0.3, 0.4) is 0 Å². The Kier molecular flexibility index (Phi) is 3.16. The van der Waals surface area contributed by atoms with E-state index >= 15 is 0 Å². The van der Waals surface area contributed by atoms with Gasteiger partial charge in [0.2, 0.25) is 0 Å². The van der Waals surface area contributed by atoms with Crippen LogP contribution >= 0.6 is 0 Å². The molecular weight excluding hydrogens is 228 g/mol. The lowest BCUT2D eigenvalue weighted by Crippen LogP contribution is -1.88. The molecule has 0 spiro atoms. The second-order valence-electron chi connectivity index (χ2n) is 4.80. The van der Waals surface area contributed by atoms with E-state index < -0.39 is 0 Å². The molecule has 0 aliphatic heterocycles. The fourth-order valence-electron chi connectivity index (χ4n) is 2.36. The van der Waals surface area contributed by atoms with Crippen LogP contribution in [-0.4, -0.2) is 0 Å². The first-order valence-electron chi connectivity index (χ1n) is 6.54. The van der Waals surface area contributed by atoms with Crippen molar-refractivity contribution in [1.29, 1.82) is 0 Å². The summed E-state index contributed by atoms with van der Waals surface area (Å²) in [5, 5.41) is 2.61. The van der Waals surface area contributed by atoms with Crippen LogP contribution in [0.4, 0.5) is 0 Å². The van der Waals surface area contributed by atoms with Crippen molar-refractivity contribution in [2.24, 2.45) is 0 Å². The van der Waals surface area contributed by atoms with Crippen molar-refractivity contribution in [1.82, 2.24) is 0 Å². The van der Waals surface area contributed by atoms with E-state index in [0.29, 0.717) is 0 Å². The van der Waals surface area contributed by atoms with Crippen molar-refractivity contribution in [2.45, 2.75) is 6.42 Å². The van der Waals surface area contributed by atoms with E-state index in [1.165, 1.54) is 27.5 Å². The summed E-state index contributed by atoms with van der Waals surface area (Å²) in [6, 6.07) is 23.7. The summed E-state index contributed by atoms with van der Waals surface area (Å²) in [7, 11) is 0. The summed E-state index contributed by atoms with van der Waals surface area (Å²) < 4.78 is 0. The van der Waals surface area contributed by atoms with Crippen LogP contribution in [0.15, 0.2) is 73.3 Å². The quantitative estimate of drug-likeness (QED) is 0.603. The van der Waals surface area contributed by atoms with Crippen LogP contribution in [0, 0.1) is 0 Å². The van der Waals surface area contributed by atoms with Gasteiger partial charge in [-0.1, -0.05) is 79.4 Å². The Hall–Kier alpha value is -2.34. The van der Waals surface area contributed by atoms with Gasteiger partial charge in [-0.25, -0.2) is 0 Å². The average molecular weight is 244 g/mol. The van der Waals surface area contributed by atoms with Gasteiger partial charge in [-0.15, -0.1) is 0 Å². The van der Waals surface area contributed by atoms with Crippen molar-refractivity contribution in [2.75, 3.05) is 0 Å². The van der Waals surface area contributed by atoms with Gasteiger partial charge in [0.1, 0.15) is 0 Å². The second kappa shape index (κ2) is 5.11. The maximum absolute atomic E-state index is 3.78. The van der Waals surface area contributed by atoms with Crippen LogP contribution < -0.4 is 0 Å². The predicted molar refractivity (Wildman–Crippen MR) is 83.3 cm³/mol. The van der Waals surface area contributed by atoms with Crippen LogP contribution in [0.25, 0.3) is 16.8 Å². The standard InChI is InChI=1S/C19H16/c1-2-15-7-9-16(10-8-15)13-17-11-12-18-5-3-4-6-19(18)14-17/h2-12,14H,1,13H2. The lowest BCUT2D eigenvalue weighted by molar-refractivity contribution is 1.20. The highest BCUT2D eigenvalue weighted by molar-refractivity contribution is 5.83. The van der Waals surface area contributed by atoms with Gasteiger partial charge in [0.25, 0.3) is 0 Å². The van der Waals surface area contributed by atoms with E-state index in [4.69, 9.17) is 0 Å². The minimum atomic E-state index is 0.974. The summed E-state index contributed by atoms with van der Waals surface area (Å²) >= 11 is 0. The summed E-state index contributed by atoms with van der Waals surface area (Å²) in [6.45, 7) is 3.78. The third kappa shape index (κ3) is 2.58. The molecule has 0 unspecified atom stereocenters. The van der Waals surface area contributed by atoms with Gasteiger partial charge in [0.05, 0.1) is 0 Å². The molecule has 3 rings (SSSR count). The Morgan fingerprint density at radius 2 is 1.42 bits per heavy atom. The molecule has 0 aliphatic rings. The molecule has 0 radical (unpaired) electrons. The van der Waals surface area contributed by atoms with Gasteiger partial charge < -0.3 is 0 Å². The third-order valence-electron chi connectivity index (χ3n) is 3.44. The highest BCUT2D eigenvalue weighted by Crippen LogP contribution is 2.18. The summed E-state index contributed by atoms with van der Waals surface area (Å²) in [6.07, 6.45) is 2.85. The largest absolute Gasteiger partial charge is 0.0985 e. The highest BCUT2D eigenvalue weighted by Gasteiger charge is 1.98. The molecule has 0 N–H and O–H groups in total. The minimum absolute atomic E-state index is 0.974. The molecule has 0 bridgehead atoms. The molecule has 92 valence electrons. The Labute approximate surface area is 114 Å². The van der Waals surface area contributed by atoms with Gasteiger partial charge in [-0.3, -0.25) is 0 Å². The van der Waals surface area contributed by atoms with E-state index in [-0.39, 0.29) is 0 Å². The average Bonchev–Trinajstić information content (AvgIpc) is 2.48. The lowest BCUT2D eigenvalue weighted by atomic mass is 10.0. The van der Waals surface area contributed by atoms with E-state index in [1.54, 1.807) is 0 Å². The highest BCUT2D eigenvalue weighted by atomic mass is 14.0. The Balaban J connectivity index is 1.89. The number of benzene rings is 3. The molecular formula is C19H16. The van der Waals surface area contributed by atoms with Gasteiger partial charge in [0.15, 0.2) is 0 Å². The molecule has 0 amide bonds. The Morgan fingerprint density at radius 3 is 2.16 bits per heavy atom. The maximum atomic E-state index is 3.78. The molecule has 3 aromatic rings. The fraction of sp³-hybridized carbons (Fsp3) is 0.0526. The van der Waals surface area contributed by atoms with Crippen molar-refractivity contribution in [3.05, 3.63) is 90.0 Å². The molecule has 0 aromatic heterocycles. The monoisotopic (exact) mass is 244 g/mol. The number of rotatable bonds is 3. The zero-order chi connectivity index (χ0) is 13.1. The Morgan fingerprint density at radius 1 is 0.737 bits per heavy atom. The van der Waals surface area contributed by atoms with Crippen LogP contribution in [0.5, 0.6) is 0 Å². The molecule has 0 saturated heterocycles. The van der Waals surface area contributed by atoms with Gasteiger partial charge in [0, 0.05) is 0 Å². The lowest BCUT2D eigenvalue weighted by Gasteiger charge is -2.05. The first-order chi connectivity index (χ1) is 9.35. The van der Waals surface area contributed by atoms with Crippen molar-refractivity contribution in [3.8, 4) is 0 Å². The number of hydrogen-bond acceptors (Lipinski definition) is 0. The molecule has 0 aliphatic carbocycles. The zero-order valence-electron chi connectivity index (χ0n) is 10.8. The molecule has 0 atom stereocenters. The summed E-state index contributed by atoms with van der Waals surface area (Å²) in [5.41, 5.74) is 3.85. The smallest absolute Gasteiger partial charge is 0.00255 e. The summed E-state index contributed by atoms with van der Waals surface area (Å²) in [4.78, 5) is 0.